The Hall–Kier alpha value is -2.32. The Labute approximate surface area is 184 Å². The van der Waals surface area contributed by atoms with E-state index in [1.54, 1.807) is 12.4 Å². The number of rotatable bonds is 6. The van der Waals surface area contributed by atoms with Gasteiger partial charge in [0.1, 0.15) is 5.69 Å². The molecule has 30 heavy (non-hydrogen) atoms. The molecule has 5 heteroatoms. The van der Waals surface area contributed by atoms with Gasteiger partial charge >= 0.3 is 5.97 Å². The Bertz CT molecular complexity index is 956. The van der Waals surface area contributed by atoms with E-state index in [-0.39, 0.29) is 11.4 Å². The van der Waals surface area contributed by atoms with Gasteiger partial charge in [0.15, 0.2) is 0 Å². The maximum Gasteiger partial charge on any atom is 0.305 e. The van der Waals surface area contributed by atoms with Crippen molar-refractivity contribution < 1.29 is 9.53 Å². The van der Waals surface area contributed by atoms with E-state index in [0.717, 1.165) is 30.5 Å². The van der Waals surface area contributed by atoms with Crippen molar-refractivity contribution in [2.45, 2.75) is 70.1 Å². The number of nitrogens with zero attached hydrogens (tertiary/aromatic N) is 2. The van der Waals surface area contributed by atoms with Crippen LogP contribution in [-0.4, -0.2) is 28.3 Å². The van der Waals surface area contributed by atoms with Crippen LogP contribution in [0.15, 0.2) is 29.4 Å². The molecule has 0 bridgehead atoms. The number of unbranched alkanes of at least 4 members (excludes halogenated alkanes) is 1. The highest BCUT2D eigenvalue weighted by Crippen LogP contribution is 2.42. The van der Waals surface area contributed by atoms with E-state index in [9.17, 15) is 4.79 Å². The molecule has 4 nitrogen and oxygen atoms in total. The van der Waals surface area contributed by atoms with Gasteiger partial charge in [0.05, 0.1) is 18.5 Å². The van der Waals surface area contributed by atoms with Gasteiger partial charge in [0, 0.05) is 23.1 Å². The molecular formula is C25H30N2O2S. The second kappa shape index (κ2) is 10.1. The maximum absolute atomic E-state index is 11.4. The van der Waals surface area contributed by atoms with Crippen molar-refractivity contribution in [3.05, 3.63) is 52.6 Å². The fourth-order valence-corrected chi connectivity index (χ4v) is 5.09. The van der Waals surface area contributed by atoms with Gasteiger partial charge in [0.2, 0.25) is 0 Å². The molecule has 0 saturated carbocycles. The van der Waals surface area contributed by atoms with Crippen molar-refractivity contribution in [1.29, 1.82) is 0 Å². The van der Waals surface area contributed by atoms with Gasteiger partial charge in [-0.25, -0.2) is 4.98 Å². The highest BCUT2D eigenvalue weighted by atomic mass is 32.2. The molecule has 2 aromatic rings. The molecule has 0 atom stereocenters. The minimum absolute atomic E-state index is 0.131. The lowest BCUT2D eigenvalue weighted by Gasteiger charge is -2.32. The molecule has 1 aliphatic rings. The molecule has 0 radical (unpaired) electrons. The first-order valence-corrected chi connectivity index (χ1v) is 11.6. The Morgan fingerprint density at radius 1 is 1.20 bits per heavy atom. The summed E-state index contributed by atoms with van der Waals surface area (Å²) in [5.74, 6) is 7.51. The standard InChI is InChI=1S/C25H30N2O2S/c1-5-29-24(28)9-7-6-8-20-16-27-21(17-26-20)11-10-19-15-22-23(14-18(19)2)30-13-12-25(22,3)4/h14-17H,5-9,12-13H2,1-4H3. The van der Waals surface area contributed by atoms with Crippen LogP contribution in [0.2, 0.25) is 0 Å². The summed E-state index contributed by atoms with van der Waals surface area (Å²) in [6, 6.07) is 4.53. The van der Waals surface area contributed by atoms with Crippen LogP contribution in [0.25, 0.3) is 0 Å². The van der Waals surface area contributed by atoms with Crippen molar-refractivity contribution in [3.63, 3.8) is 0 Å². The van der Waals surface area contributed by atoms with Gasteiger partial charge in [0.25, 0.3) is 0 Å². The highest BCUT2D eigenvalue weighted by molar-refractivity contribution is 7.99. The first kappa shape index (κ1) is 22.4. The van der Waals surface area contributed by atoms with E-state index in [2.05, 4.69) is 54.7 Å². The highest BCUT2D eigenvalue weighted by Gasteiger charge is 2.28. The summed E-state index contributed by atoms with van der Waals surface area (Å²) in [6.45, 7) is 9.01. The Kier molecular flexibility index (Phi) is 7.55. The molecule has 0 spiro atoms. The molecule has 3 rings (SSSR count). The molecule has 1 aromatic heterocycles. The lowest BCUT2D eigenvalue weighted by atomic mass is 9.80. The number of carbonyl (C=O) groups excluding carboxylic acids is 1. The zero-order valence-corrected chi connectivity index (χ0v) is 19.2. The third kappa shape index (κ3) is 5.86. The Balaban J connectivity index is 1.62. The molecule has 1 aromatic carbocycles. The van der Waals surface area contributed by atoms with E-state index in [1.807, 2.05) is 18.7 Å². The van der Waals surface area contributed by atoms with E-state index in [1.165, 1.54) is 28.2 Å². The molecule has 0 amide bonds. The SMILES string of the molecule is CCOC(=O)CCCCc1cnc(C#Cc2cc3c(cc2C)SCCC3(C)C)cn1. The summed E-state index contributed by atoms with van der Waals surface area (Å²) in [6.07, 6.45) is 7.66. The van der Waals surface area contributed by atoms with E-state index in [0.29, 0.717) is 18.7 Å². The third-order valence-corrected chi connectivity index (χ3v) is 6.50. The summed E-state index contributed by atoms with van der Waals surface area (Å²) in [5.41, 5.74) is 5.47. The number of fused-ring (bicyclic) bond motifs is 1. The fraction of sp³-hybridized carbons (Fsp3) is 0.480. The lowest BCUT2D eigenvalue weighted by Crippen LogP contribution is -2.23. The van der Waals surface area contributed by atoms with E-state index >= 15 is 0 Å². The summed E-state index contributed by atoms with van der Waals surface area (Å²) in [4.78, 5) is 21.7. The van der Waals surface area contributed by atoms with Crippen molar-refractivity contribution in [2.75, 3.05) is 12.4 Å². The normalized spacial score (nSPS) is 14.4. The molecular weight excluding hydrogens is 392 g/mol. The second-order valence-corrected chi connectivity index (χ2v) is 9.44. The number of thioether (sulfide) groups is 1. The number of hydrogen-bond donors (Lipinski definition) is 0. The van der Waals surface area contributed by atoms with Crippen LogP contribution in [0.4, 0.5) is 0 Å². The van der Waals surface area contributed by atoms with Crippen molar-refractivity contribution in [3.8, 4) is 11.8 Å². The summed E-state index contributed by atoms with van der Waals surface area (Å²) in [7, 11) is 0. The van der Waals surface area contributed by atoms with Gasteiger partial charge in [-0.15, -0.1) is 11.8 Å². The average Bonchev–Trinajstić information content (AvgIpc) is 2.71. The lowest BCUT2D eigenvalue weighted by molar-refractivity contribution is -0.143. The largest absolute Gasteiger partial charge is 0.466 e. The zero-order chi connectivity index (χ0) is 21.6. The predicted octanol–water partition coefficient (Wildman–Crippen LogP) is 5.23. The average molecular weight is 423 g/mol. The smallest absolute Gasteiger partial charge is 0.305 e. The first-order valence-electron chi connectivity index (χ1n) is 10.7. The van der Waals surface area contributed by atoms with Gasteiger partial charge in [-0.2, -0.15) is 0 Å². The van der Waals surface area contributed by atoms with E-state index < -0.39 is 0 Å². The van der Waals surface area contributed by atoms with Crippen molar-refractivity contribution >= 4 is 17.7 Å². The van der Waals surface area contributed by atoms with Gasteiger partial charge in [-0.05, 0) is 79.9 Å². The molecule has 1 aliphatic heterocycles. The number of ether oxygens (including phenoxy) is 1. The molecule has 0 unspecified atom stereocenters. The van der Waals surface area contributed by atoms with Gasteiger partial charge in [-0.3, -0.25) is 9.78 Å². The molecule has 0 N–H and O–H groups in total. The van der Waals surface area contributed by atoms with Crippen molar-refractivity contribution in [1.82, 2.24) is 9.97 Å². The molecule has 0 aliphatic carbocycles. The van der Waals surface area contributed by atoms with E-state index in [4.69, 9.17) is 4.74 Å². The fourth-order valence-electron chi connectivity index (χ4n) is 3.50. The zero-order valence-electron chi connectivity index (χ0n) is 18.4. The monoisotopic (exact) mass is 422 g/mol. The number of aryl methyl sites for hydroxylation is 2. The Morgan fingerprint density at radius 3 is 2.77 bits per heavy atom. The van der Waals surface area contributed by atoms with Gasteiger partial charge < -0.3 is 4.74 Å². The maximum atomic E-state index is 11.4. The number of hydrogen-bond acceptors (Lipinski definition) is 5. The topological polar surface area (TPSA) is 52.1 Å². The number of carbonyl (C=O) groups is 1. The number of aromatic nitrogens is 2. The number of benzene rings is 1. The summed E-state index contributed by atoms with van der Waals surface area (Å²) < 4.78 is 4.94. The minimum Gasteiger partial charge on any atom is -0.466 e. The minimum atomic E-state index is -0.131. The summed E-state index contributed by atoms with van der Waals surface area (Å²) in [5, 5.41) is 0. The predicted molar refractivity (Wildman–Crippen MR) is 122 cm³/mol. The Morgan fingerprint density at radius 2 is 2.03 bits per heavy atom. The quantitative estimate of drug-likeness (QED) is 0.362. The van der Waals surface area contributed by atoms with Crippen LogP contribution >= 0.6 is 11.8 Å². The molecule has 2 heterocycles. The molecule has 0 fully saturated rings. The second-order valence-electron chi connectivity index (χ2n) is 8.30. The van der Waals surface area contributed by atoms with Crippen LogP contribution in [0.3, 0.4) is 0 Å². The van der Waals surface area contributed by atoms with Crippen LogP contribution in [0.5, 0.6) is 0 Å². The molecule has 0 saturated heterocycles. The van der Waals surface area contributed by atoms with Crippen LogP contribution in [0.1, 0.15) is 74.5 Å². The van der Waals surface area contributed by atoms with Crippen LogP contribution < -0.4 is 0 Å². The van der Waals surface area contributed by atoms with Crippen molar-refractivity contribution in [2.24, 2.45) is 0 Å². The summed E-state index contributed by atoms with van der Waals surface area (Å²) >= 11 is 1.95. The molecule has 158 valence electrons. The third-order valence-electron chi connectivity index (χ3n) is 5.44. The first-order chi connectivity index (χ1) is 14.4. The number of esters is 1. The van der Waals surface area contributed by atoms with Crippen LogP contribution in [0, 0.1) is 18.8 Å². The van der Waals surface area contributed by atoms with Crippen LogP contribution in [-0.2, 0) is 21.4 Å². The van der Waals surface area contributed by atoms with Gasteiger partial charge in [-0.1, -0.05) is 19.8 Å².